The summed E-state index contributed by atoms with van der Waals surface area (Å²) in [7, 11) is 0. The molecule has 1 saturated carbocycles. The molecule has 0 spiro atoms. The fraction of sp³-hybridized carbons (Fsp3) is 0.652. The molecule has 6 nitrogen and oxygen atoms in total. The summed E-state index contributed by atoms with van der Waals surface area (Å²) in [6.45, 7) is 8.11. The van der Waals surface area contributed by atoms with Gasteiger partial charge in [-0.05, 0) is 38.2 Å². The van der Waals surface area contributed by atoms with Crippen LogP contribution in [0, 0.1) is 5.92 Å². The van der Waals surface area contributed by atoms with E-state index in [1.54, 1.807) is 0 Å². The molecule has 1 heterocycles. The molecule has 1 aliphatic carbocycles. The molecule has 1 atom stereocenters. The number of hydrogen-bond acceptors (Lipinski definition) is 4. The smallest absolute Gasteiger partial charge is 0.234 e. The van der Waals surface area contributed by atoms with Crippen LogP contribution < -0.4 is 10.6 Å². The monoisotopic (exact) mass is 400 g/mol. The lowest BCUT2D eigenvalue weighted by Gasteiger charge is -2.34. The third-order valence-electron chi connectivity index (χ3n) is 6.00. The average molecular weight is 401 g/mol. The fourth-order valence-electron chi connectivity index (χ4n) is 4.52. The van der Waals surface area contributed by atoms with Crippen LogP contribution in [-0.4, -0.2) is 66.9 Å². The van der Waals surface area contributed by atoms with Crippen LogP contribution in [0.25, 0.3) is 0 Å². The van der Waals surface area contributed by atoms with Gasteiger partial charge in [0.2, 0.25) is 11.8 Å². The first-order valence-corrected chi connectivity index (χ1v) is 11.1. The van der Waals surface area contributed by atoms with Gasteiger partial charge in [-0.2, -0.15) is 0 Å². The summed E-state index contributed by atoms with van der Waals surface area (Å²) in [6, 6.07) is 10.7. The van der Waals surface area contributed by atoms with E-state index >= 15 is 0 Å². The summed E-state index contributed by atoms with van der Waals surface area (Å²) in [5, 5.41) is 6.27. The van der Waals surface area contributed by atoms with Crippen molar-refractivity contribution in [1.82, 2.24) is 20.4 Å². The van der Waals surface area contributed by atoms with E-state index in [9.17, 15) is 9.59 Å². The molecule has 160 valence electrons. The summed E-state index contributed by atoms with van der Waals surface area (Å²) >= 11 is 0. The number of rotatable bonds is 8. The number of piperazine rings is 1. The standard InChI is InChI=1S/C23H36N4O2/c1-18(2)24-21(28)16-26-12-14-27(15-13-26)17-22(29)25-23(20-10-6-7-11-20)19-8-4-3-5-9-19/h3-5,8-9,18,20,23H,6-7,10-17H2,1-2H3,(H,24,28)(H,25,29). The van der Waals surface area contributed by atoms with E-state index < -0.39 is 0 Å². The van der Waals surface area contributed by atoms with Crippen molar-refractivity contribution in [2.24, 2.45) is 5.92 Å². The molecule has 2 amide bonds. The van der Waals surface area contributed by atoms with Gasteiger partial charge in [0, 0.05) is 32.2 Å². The zero-order valence-corrected chi connectivity index (χ0v) is 17.9. The zero-order valence-electron chi connectivity index (χ0n) is 17.9. The molecule has 2 aliphatic rings. The summed E-state index contributed by atoms with van der Waals surface area (Å²) in [6.07, 6.45) is 4.90. The third-order valence-corrected chi connectivity index (χ3v) is 6.00. The highest BCUT2D eigenvalue weighted by atomic mass is 16.2. The SMILES string of the molecule is CC(C)NC(=O)CN1CCN(CC(=O)NC(c2ccccc2)C2CCCC2)CC1. The van der Waals surface area contributed by atoms with E-state index in [-0.39, 0.29) is 23.9 Å². The van der Waals surface area contributed by atoms with Crippen LogP contribution in [0.5, 0.6) is 0 Å². The molecular weight excluding hydrogens is 364 g/mol. The Hall–Kier alpha value is -1.92. The summed E-state index contributed by atoms with van der Waals surface area (Å²) in [5.41, 5.74) is 1.22. The lowest BCUT2D eigenvalue weighted by Crippen LogP contribution is -2.52. The molecule has 0 radical (unpaired) electrons. The largest absolute Gasteiger partial charge is 0.353 e. The fourth-order valence-corrected chi connectivity index (χ4v) is 4.52. The minimum Gasteiger partial charge on any atom is -0.353 e. The second-order valence-electron chi connectivity index (χ2n) is 8.77. The molecule has 2 fully saturated rings. The maximum absolute atomic E-state index is 12.8. The minimum absolute atomic E-state index is 0.0773. The summed E-state index contributed by atoms with van der Waals surface area (Å²) < 4.78 is 0. The molecular formula is C23H36N4O2. The Balaban J connectivity index is 1.47. The maximum atomic E-state index is 12.8. The predicted molar refractivity (Wildman–Crippen MR) is 115 cm³/mol. The van der Waals surface area contributed by atoms with Gasteiger partial charge in [-0.25, -0.2) is 0 Å². The van der Waals surface area contributed by atoms with Gasteiger partial charge in [0.15, 0.2) is 0 Å². The zero-order chi connectivity index (χ0) is 20.6. The van der Waals surface area contributed by atoms with Crippen molar-refractivity contribution in [1.29, 1.82) is 0 Å². The van der Waals surface area contributed by atoms with Gasteiger partial charge in [0.1, 0.15) is 0 Å². The number of nitrogens with one attached hydrogen (secondary N) is 2. The van der Waals surface area contributed by atoms with Crippen LogP contribution >= 0.6 is 0 Å². The van der Waals surface area contributed by atoms with Crippen LogP contribution in [0.4, 0.5) is 0 Å². The molecule has 1 aliphatic heterocycles. The van der Waals surface area contributed by atoms with E-state index in [1.807, 2.05) is 19.9 Å². The second-order valence-corrected chi connectivity index (χ2v) is 8.77. The van der Waals surface area contributed by atoms with E-state index in [0.29, 0.717) is 19.0 Å². The molecule has 1 aromatic rings. The molecule has 0 bridgehead atoms. The normalized spacial score (nSPS) is 20.0. The van der Waals surface area contributed by atoms with Crippen LogP contribution in [0.3, 0.4) is 0 Å². The van der Waals surface area contributed by atoms with Crippen molar-refractivity contribution in [2.45, 2.75) is 51.6 Å². The van der Waals surface area contributed by atoms with E-state index in [1.165, 1.54) is 31.2 Å². The van der Waals surface area contributed by atoms with Crippen molar-refractivity contribution in [3.8, 4) is 0 Å². The Bertz CT molecular complexity index is 650. The van der Waals surface area contributed by atoms with Gasteiger partial charge < -0.3 is 10.6 Å². The van der Waals surface area contributed by atoms with Crippen molar-refractivity contribution in [3.05, 3.63) is 35.9 Å². The third kappa shape index (κ3) is 6.82. The molecule has 6 heteroatoms. The van der Waals surface area contributed by atoms with Gasteiger partial charge in [0.05, 0.1) is 19.1 Å². The number of carbonyl (C=O) groups is 2. The van der Waals surface area contributed by atoms with Gasteiger partial charge in [-0.3, -0.25) is 19.4 Å². The van der Waals surface area contributed by atoms with Crippen molar-refractivity contribution in [2.75, 3.05) is 39.3 Å². The van der Waals surface area contributed by atoms with E-state index in [2.05, 4.69) is 44.7 Å². The first kappa shape index (κ1) is 21.8. The second kappa shape index (κ2) is 10.7. The van der Waals surface area contributed by atoms with Crippen molar-refractivity contribution >= 4 is 11.8 Å². The minimum atomic E-state index is 0.0773. The first-order chi connectivity index (χ1) is 14.0. The lowest BCUT2D eigenvalue weighted by atomic mass is 9.91. The Morgan fingerprint density at radius 1 is 0.897 bits per heavy atom. The Kier molecular flexibility index (Phi) is 8.07. The average Bonchev–Trinajstić information content (AvgIpc) is 3.22. The molecule has 3 rings (SSSR count). The highest BCUT2D eigenvalue weighted by molar-refractivity contribution is 5.79. The van der Waals surface area contributed by atoms with Crippen LogP contribution in [0.15, 0.2) is 30.3 Å². The highest BCUT2D eigenvalue weighted by Gasteiger charge is 2.28. The predicted octanol–water partition coefficient (Wildman–Crippen LogP) is 2.18. The molecule has 1 saturated heterocycles. The number of hydrogen-bond donors (Lipinski definition) is 2. The van der Waals surface area contributed by atoms with Gasteiger partial charge in [-0.1, -0.05) is 43.2 Å². The van der Waals surface area contributed by atoms with Gasteiger partial charge in [-0.15, -0.1) is 0 Å². The Morgan fingerprint density at radius 3 is 1.93 bits per heavy atom. The van der Waals surface area contributed by atoms with Crippen LogP contribution in [0.1, 0.15) is 51.1 Å². The van der Waals surface area contributed by atoms with Gasteiger partial charge >= 0.3 is 0 Å². The van der Waals surface area contributed by atoms with E-state index in [0.717, 1.165) is 26.2 Å². The van der Waals surface area contributed by atoms with E-state index in [4.69, 9.17) is 0 Å². The lowest BCUT2D eigenvalue weighted by molar-refractivity contribution is -0.125. The highest BCUT2D eigenvalue weighted by Crippen LogP contribution is 2.35. The molecule has 0 aromatic heterocycles. The first-order valence-electron chi connectivity index (χ1n) is 11.1. The molecule has 1 unspecified atom stereocenters. The number of carbonyl (C=O) groups excluding carboxylic acids is 2. The summed E-state index contributed by atoms with van der Waals surface area (Å²) in [4.78, 5) is 29.1. The number of nitrogens with zero attached hydrogens (tertiary/aromatic N) is 2. The summed E-state index contributed by atoms with van der Waals surface area (Å²) in [5.74, 6) is 0.725. The molecule has 29 heavy (non-hydrogen) atoms. The maximum Gasteiger partial charge on any atom is 0.234 e. The van der Waals surface area contributed by atoms with Crippen LogP contribution in [-0.2, 0) is 9.59 Å². The van der Waals surface area contributed by atoms with Gasteiger partial charge in [0.25, 0.3) is 0 Å². The molecule has 2 N–H and O–H groups in total. The Morgan fingerprint density at radius 2 is 1.41 bits per heavy atom. The Labute approximate surface area is 175 Å². The molecule has 1 aromatic carbocycles. The number of benzene rings is 1. The van der Waals surface area contributed by atoms with Crippen molar-refractivity contribution in [3.63, 3.8) is 0 Å². The van der Waals surface area contributed by atoms with Crippen LogP contribution in [0.2, 0.25) is 0 Å². The number of amides is 2. The topological polar surface area (TPSA) is 64.7 Å². The quantitative estimate of drug-likeness (QED) is 0.702. The van der Waals surface area contributed by atoms with Crippen molar-refractivity contribution < 1.29 is 9.59 Å².